The molecule has 1 saturated heterocycles. The van der Waals surface area contributed by atoms with Crippen molar-refractivity contribution in [3.63, 3.8) is 0 Å². The Morgan fingerprint density at radius 3 is 2.06 bits per heavy atom. The summed E-state index contributed by atoms with van der Waals surface area (Å²) in [6, 6.07) is 5.32. The van der Waals surface area contributed by atoms with Gasteiger partial charge in [-0.2, -0.15) is 0 Å². The SMILES string of the molecule is COc1cc(OC)cc(C2(C(N)=O)COC2)c1. The van der Waals surface area contributed by atoms with Gasteiger partial charge >= 0.3 is 0 Å². The Morgan fingerprint density at radius 1 is 1.24 bits per heavy atom. The molecule has 1 aromatic rings. The van der Waals surface area contributed by atoms with Crippen LogP contribution in [-0.2, 0) is 14.9 Å². The third-order valence-electron chi connectivity index (χ3n) is 3.07. The molecule has 0 spiro atoms. The number of ether oxygens (including phenoxy) is 3. The first kappa shape index (κ1) is 11.7. The standard InChI is InChI=1S/C12H15NO4/c1-15-9-3-8(4-10(5-9)16-2)12(11(13)14)6-17-7-12/h3-5H,6-7H2,1-2H3,(H2,13,14). The van der Waals surface area contributed by atoms with E-state index in [1.54, 1.807) is 32.4 Å². The van der Waals surface area contributed by atoms with Gasteiger partial charge < -0.3 is 19.9 Å². The summed E-state index contributed by atoms with van der Waals surface area (Å²) in [5, 5.41) is 0. The Bertz CT molecular complexity index is 418. The topological polar surface area (TPSA) is 70.8 Å². The molecule has 1 aliphatic heterocycles. The minimum atomic E-state index is -0.748. The van der Waals surface area contributed by atoms with Crippen LogP contribution in [0.15, 0.2) is 18.2 Å². The second-order valence-corrected chi connectivity index (χ2v) is 4.04. The molecule has 1 fully saturated rings. The Balaban J connectivity index is 2.46. The molecule has 5 heteroatoms. The summed E-state index contributed by atoms with van der Waals surface area (Å²) in [6.07, 6.45) is 0. The van der Waals surface area contributed by atoms with Crippen molar-refractivity contribution in [2.75, 3.05) is 27.4 Å². The van der Waals surface area contributed by atoms with Crippen molar-refractivity contribution in [2.45, 2.75) is 5.41 Å². The summed E-state index contributed by atoms with van der Waals surface area (Å²) >= 11 is 0. The van der Waals surface area contributed by atoms with Crippen molar-refractivity contribution < 1.29 is 19.0 Å². The lowest BCUT2D eigenvalue weighted by Crippen LogP contribution is -2.56. The Kier molecular flexibility index (Phi) is 2.93. The van der Waals surface area contributed by atoms with Crippen molar-refractivity contribution in [1.29, 1.82) is 0 Å². The summed E-state index contributed by atoms with van der Waals surface area (Å²) in [6.45, 7) is 0.608. The second-order valence-electron chi connectivity index (χ2n) is 4.04. The lowest BCUT2D eigenvalue weighted by atomic mass is 9.78. The van der Waals surface area contributed by atoms with Crippen LogP contribution in [0.1, 0.15) is 5.56 Å². The van der Waals surface area contributed by atoms with E-state index in [1.807, 2.05) is 0 Å². The van der Waals surface area contributed by atoms with E-state index in [4.69, 9.17) is 19.9 Å². The molecule has 1 amide bonds. The highest BCUT2D eigenvalue weighted by Crippen LogP contribution is 2.36. The fraction of sp³-hybridized carbons (Fsp3) is 0.417. The summed E-state index contributed by atoms with van der Waals surface area (Å²) in [5.41, 5.74) is 5.47. The molecule has 0 aliphatic carbocycles. The zero-order valence-corrected chi connectivity index (χ0v) is 9.86. The zero-order chi connectivity index (χ0) is 12.5. The van der Waals surface area contributed by atoms with Crippen molar-refractivity contribution in [3.05, 3.63) is 23.8 Å². The lowest BCUT2D eigenvalue weighted by molar-refractivity contribution is -0.141. The minimum Gasteiger partial charge on any atom is -0.497 e. The molecule has 1 aliphatic rings. The van der Waals surface area contributed by atoms with Crippen molar-refractivity contribution >= 4 is 5.91 Å². The number of carbonyl (C=O) groups excluding carboxylic acids is 1. The maximum atomic E-state index is 11.6. The van der Waals surface area contributed by atoms with Gasteiger partial charge in [-0.1, -0.05) is 0 Å². The second kappa shape index (κ2) is 4.25. The average molecular weight is 237 g/mol. The smallest absolute Gasteiger partial charge is 0.232 e. The highest BCUT2D eigenvalue weighted by Gasteiger charge is 2.46. The maximum Gasteiger partial charge on any atom is 0.232 e. The Morgan fingerprint density at radius 2 is 1.76 bits per heavy atom. The molecular formula is C12H15NO4. The number of hydrogen-bond acceptors (Lipinski definition) is 4. The number of nitrogens with two attached hydrogens (primary N) is 1. The number of amides is 1. The van der Waals surface area contributed by atoms with Crippen LogP contribution in [0, 0.1) is 0 Å². The maximum absolute atomic E-state index is 11.6. The summed E-state index contributed by atoms with van der Waals surface area (Å²) < 4.78 is 15.5. The Labute approximate surface area is 99.5 Å². The zero-order valence-electron chi connectivity index (χ0n) is 9.86. The van der Waals surface area contributed by atoms with Crippen LogP contribution in [0.2, 0.25) is 0 Å². The first-order chi connectivity index (χ1) is 8.12. The van der Waals surface area contributed by atoms with E-state index < -0.39 is 5.41 Å². The molecular weight excluding hydrogens is 222 g/mol. The van der Waals surface area contributed by atoms with Crippen LogP contribution in [0.25, 0.3) is 0 Å². The highest BCUT2D eigenvalue weighted by atomic mass is 16.5. The number of primary amides is 1. The quantitative estimate of drug-likeness (QED) is 0.825. The van der Waals surface area contributed by atoms with E-state index >= 15 is 0 Å². The number of methoxy groups -OCH3 is 2. The van der Waals surface area contributed by atoms with E-state index in [0.717, 1.165) is 5.56 Å². The van der Waals surface area contributed by atoms with Crippen molar-refractivity contribution in [2.24, 2.45) is 5.73 Å². The molecule has 0 unspecified atom stereocenters. The lowest BCUT2D eigenvalue weighted by Gasteiger charge is -2.39. The van der Waals surface area contributed by atoms with Gasteiger partial charge in [-0.25, -0.2) is 0 Å². The predicted molar refractivity (Wildman–Crippen MR) is 61.2 cm³/mol. The molecule has 0 radical (unpaired) electrons. The van der Waals surface area contributed by atoms with Gasteiger partial charge in [0, 0.05) is 6.07 Å². The normalized spacial score (nSPS) is 17.1. The number of benzene rings is 1. The van der Waals surface area contributed by atoms with Gasteiger partial charge in [0.1, 0.15) is 16.9 Å². The van der Waals surface area contributed by atoms with E-state index in [0.29, 0.717) is 24.7 Å². The molecule has 92 valence electrons. The third-order valence-corrected chi connectivity index (χ3v) is 3.07. The van der Waals surface area contributed by atoms with Crippen LogP contribution in [-0.4, -0.2) is 33.3 Å². The van der Waals surface area contributed by atoms with E-state index in [1.165, 1.54) is 0 Å². The third kappa shape index (κ3) is 1.82. The number of carbonyl (C=O) groups is 1. The molecule has 5 nitrogen and oxygen atoms in total. The van der Waals surface area contributed by atoms with Crippen LogP contribution < -0.4 is 15.2 Å². The predicted octanol–water partition coefficient (Wildman–Crippen LogP) is 0.457. The van der Waals surface area contributed by atoms with E-state index in [9.17, 15) is 4.79 Å². The van der Waals surface area contributed by atoms with Gasteiger partial charge in [0.25, 0.3) is 0 Å². The van der Waals surface area contributed by atoms with Gasteiger partial charge in [-0.15, -0.1) is 0 Å². The molecule has 0 atom stereocenters. The monoisotopic (exact) mass is 237 g/mol. The molecule has 2 N–H and O–H groups in total. The highest BCUT2D eigenvalue weighted by molar-refractivity contribution is 5.88. The summed E-state index contributed by atoms with van der Waals surface area (Å²) in [5.74, 6) is 0.873. The average Bonchev–Trinajstić information content (AvgIpc) is 2.26. The fourth-order valence-electron chi connectivity index (χ4n) is 1.84. The van der Waals surface area contributed by atoms with Gasteiger partial charge in [0.2, 0.25) is 5.91 Å². The fourth-order valence-corrected chi connectivity index (χ4v) is 1.84. The van der Waals surface area contributed by atoms with Crippen molar-refractivity contribution in [3.8, 4) is 11.5 Å². The van der Waals surface area contributed by atoms with Crippen LogP contribution in [0.5, 0.6) is 11.5 Å². The van der Waals surface area contributed by atoms with Crippen molar-refractivity contribution in [1.82, 2.24) is 0 Å². The molecule has 0 bridgehead atoms. The minimum absolute atomic E-state index is 0.304. The summed E-state index contributed by atoms with van der Waals surface area (Å²) in [7, 11) is 3.12. The number of rotatable bonds is 4. The van der Waals surface area contributed by atoms with Crippen LogP contribution in [0.3, 0.4) is 0 Å². The van der Waals surface area contributed by atoms with Crippen LogP contribution in [0.4, 0.5) is 0 Å². The van der Waals surface area contributed by atoms with Gasteiger partial charge in [0.15, 0.2) is 0 Å². The van der Waals surface area contributed by atoms with Gasteiger partial charge in [-0.3, -0.25) is 4.79 Å². The molecule has 1 aromatic carbocycles. The van der Waals surface area contributed by atoms with Crippen LogP contribution >= 0.6 is 0 Å². The molecule has 1 heterocycles. The van der Waals surface area contributed by atoms with E-state index in [-0.39, 0.29) is 5.91 Å². The van der Waals surface area contributed by atoms with E-state index in [2.05, 4.69) is 0 Å². The Hall–Kier alpha value is -1.75. The van der Waals surface area contributed by atoms with Gasteiger partial charge in [-0.05, 0) is 17.7 Å². The largest absolute Gasteiger partial charge is 0.497 e. The molecule has 2 rings (SSSR count). The first-order valence-corrected chi connectivity index (χ1v) is 5.23. The first-order valence-electron chi connectivity index (χ1n) is 5.23. The molecule has 0 aromatic heterocycles. The molecule has 0 saturated carbocycles. The number of hydrogen-bond donors (Lipinski definition) is 1. The molecule has 17 heavy (non-hydrogen) atoms. The van der Waals surface area contributed by atoms with Gasteiger partial charge in [0.05, 0.1) is 27.4 Å². The summed E-state index contributed by atoms with van der Waals surface area (Å²) in [4.78, 5) is 11.6.